The van der Waals surface area contributed by atoms with E-state index in [4.69, 9.17) is 34.8 Å². The zero-order chi connectivity index (χ0) is 30.4. The summed E-state index contributed by atoms with van der Waals surface area (Å²) in [6, 6.07) is 13.7. The highest BCUT2D eigenvalue weighted by Crippen LogP contribution is 2.29. The standard InChI is InChI=1S/C9H6BrClN2.C9H7BrN2.C4H4ClNO2.CHI3.CH2I2/c10-6-2-1-5-4-13-9(12)8(11)7(5)3-6;10-8-2-1-6-5-12-9(11)4-7(6)3-8;5-6-3(7)1-2-4(6)8;2-1(3)4;2-1-3/h1-4H,(H2,12,13);1-5H,(H2,11,12);1-2H2;1H;1H2. The fraction of sp³-hybridized carbons (Fsp3) is 0.167. The number of anilines is 2. The highest BCUT2D eigenvalue weighted by molar-refractivity contribution is 14.3. The van der Waals surface area contributed by atoms with Gasteiger partial charge in [0.25, 0.3) is 0 Å². The summed E-state index contributed by atoms with van der Waals surface area (Å²) in [6.45, 7) is 0. The van der Waals surface area contributed by atoms with Gasteiger partial charge in [-0.25, -0.2) is 9.97 Å². The summed E-state index contributed by atoms with van der Waals surface area (Å²) in [6.07, 6.45) is 4.02. The molecule has 4 N–H and O–H groups in total. The van der Waals surface area contributed by atoms with Crippen LogP contribution in [0.5, 0.6) is 0 Å². The summed E-state index contributed by atoms with van der Waals surface area (Å²) >= 11 is 29.4. The first-order chi connectivity index (χ1) is 18.8. The number of aromatic nitrogens is 2. The minimum atomic E-state index is -0.295. The molecular weight excluding hydrogens is 1260 g/mol. The van der Waals surface area contributed by atoms with Crippen LogP contribution in [0, 0.1) is 0 Å². The number of halogens is 9. The Bertz CT molecular complexity index is 1380. The number of pyridine rings is 2. The van der Waals surface area contributed by atoms with Crippen molar-refractivity contribution < 1.29 is 9.59 Å². The number of carbonyl (C=O) groups is 2. The first-order valence-electron chi connectivity index (χ1n) is 10.7. The Morgan fingerprint density at radius 2 is 1.32 bits per heavy atom. The Labute approximate surface area is 327 Å². The van der Waals surface area contributed by atoms with Gasteiger partial charge in [0.2, 0.25) is 11.8 Å². The van der Waals surface area contributed by atoms with Gasteiger partial charge in [0.1, 0.15) is 11.6 Å². The number of benzene rings is 2. The van der Waals surface area contributed by atoms with Gasteiger partial charge in [0, 0.05) is 62.1 Å². The van der Waals surface area contributed by atoms with Crippen LogP contribution in [-0.2, 0) is 9.59 Å². The lowest BCUT2D eigenvalue weighted by Crippen LogP contribution is -2.16. The largest absolute Gasteiger partial charge is 0.384 e. The maximum atomic E-state index is 10.4. The maximum Gasteiger partial charge on any atom is 0.244 e. The van der Waals surface area contributed by atoms with Crippen LogP contribution in [0.4, 0.5) is 11.6 Å². The molecule has 0 spiro atoms. The van der Waals surface area contributed by atoms with Crippen LogP contribution in [0.3, 0.4) is 0 Å². The number of hydrogen-bond donors (Lipinski definition) is 2. The van der Waals surface area contributed by atoms with Gasteiger partial charge in [-0.15, -0.1) is 0 Å². The average Bonchev–Trinajstić information content (AvgIpc) is 3.18. The van der Waals surface area contributed by atoms with Crippen LogP contribution in [0.2, 0.25) is 5.02 Å². The molecule has 7 nitrogen and oxygen atoms in total. The van der Waals surface area contributed by atoms with Gasteiger partial charge in [-0.3, -0.25) is 9.59 Å². The second-order valence-corrected chi connectivity index (χ2v) is 25.1. The summed E-state index contributed by atoms with van der Waals surface area (Å²) in [4.78, 5) is 28.7. The van der Waals surface area contributed by atoms with Crippen LogP contribution in [0.1, 0.15) is 12.8 Å². The molecule has 3 heterocycles. The van der Waals surface area contributed by atoms with Gasteiger partial charge in [0.05, 0.1) is 7.46 Å². The van der Waals surface area contributed by atoms with Crippen LogP contribution >= 0.6 is 168 Å². The van der Waals surface area contributed by atoms with E-state index in [1.165, 1.54) is 2.43 Å². The highest BCUT2D eigenvalue weighted by Gasteiger charge is 2.26. The van der Waals surface area contributed by atoms with Crippen LogP contribution in [-0.4, -0.2) is 28.6 Å². The summed E-state index contributed by atoms with van der Waals surface area (Å²) in [7, 11) is 0. The minimum Gasteiger partial charge on any atom is -0.384 e. The number of amides is 2. The topological polar surface area (TPSA) is 115 Å². The Morgan fingerprint density at radius 1 is 0.850 bits per heavy atom. The molecule has 1 aliphatic rings. The number of nitrogen functional groups attached to an aromatic ring is 2. The van der Waals surface area contributed by atoms with Gasteiger partial charge in [0.15, 0.2) is 0 Å². The van der Waals surface area contributed by atoms with E-state index < -0.39 is 0 Å². The SMILES string of the molecule is IC(I)I.ICI.Nc1cc2cc(Br)ccc2cn1.Nc1ncc2ccc(Br)cc2c1Cl.O=C1CCC(=O)N1Cl. The van der Waals surface area contributed by atoms with E-state index in [1.807, 2.05) is 42.5 Å². The number of rotatable bonds is 0. The molecule has 0 atom stereocenters. The molecule has 2 aromatic heterocycles. The van der Waals surface area contributed by atoms with E-state index in [1.54, 1.807) is 12.4 Å². The Morgan fingerprint density at radius 3 is 1.82 bits per heavy atom. The molecule has 0 aliphatic carbocycles. The Kier molecular flexibility index (Phi) is 20.6. The van der Waals surface area contributed by atoms with Crippen LogP contribution < -0.4 is 11.5 Å². The van der Waals surface area contributed by atoms with E-state index in [2.05, 4.69) is 155 Å². The Balaban J connectivity index is 0.000000274. The van der Waals surface area contributed by atoms with Gasteiger partial charge in [-0.1, -0.05) is 169 Å². The molecule has 216 valence electrons. The highest BCUT2D eigenvalue weighted by atomic mass is 127. The number of alkyl halides is 5. The fourth-order valence-electron chi connectivity index (χ4n) is 2.84. The number of fused-ring (bicyclic) bond motifs is 2. The molecule has 1 aliphatic heterocycles. The van der Waals surface area contributed by atoms with Crippen molar-refractivity contribution in [3.8, 4) is 0 Å². The maximum absolute atomic E-state index is 10.4. The lowest BCUT2D eigenvalue weighted by molar-refractivity contribution is -0.132. The van der Waals surface area contributed by atoms with Crippen molar-refractivity contribution in [2.45, 2.75) is 12.8 Å². The zero-order valence-corrected chi connectivity index (χ0v) is 35.6. The summed E-state index contributed by atoms with van der Waals surface area (Å²) in [5.41, 5.74) is 11.1. The van der Waals surface area contributed by atoms with Crippen LogP contribution in [0.15, 0.2) is 63.8 Å². The Hall–Kier alpha value is 1.19. The van der Waals surface area contributed by atoms with Gasteiger partial charge < -0.3 is 11.5 Å². The van der Waals surface area contributed by atoms with E-state index >= 15 is 0 Å². The molecule has 16 heteroatoms. The third-order valence-electron chi connectivity index (χ3n) is 4.51. The van der Waals surface area contributed by atoms with Crippen molar-refractivity contribution in [1.82, 2.24) is 14.4 Å². The van der Waals surface area contributed by atoms with Crippen molar-refractivity contribution in [1.29, 1.82) is 0 Å². The monoisotopic (exact) mass is 1270 g/mol. The van der Waals surface area contributed by atoms with Crippen molar-refractivity contribution in [3.05, 3.63) is 68.8 Å². The molecule has 0 unspecified atom stereocenters. The number of nitrogens with zero attached hydrogens (tertiary/aromatic N) is 3. The molecule has 40 heavy (non-hydrogen) atoms. The smallest absolute Gasteiger partial charge is 0.244 e. The van der Waals surface area contributed by atoms with Crippen molar-refractivity contribution in [2.24, 2.45) is 0 Å². The third-order valence-corrected chi connectivity index (χ3v) is 6.28. The number of hydrogen-bond acceptors (Lipinski definition) is 6. The molecule has 1 saturated heterocycles. The van der Waals surface area contributed by atoms with Gasteiger partial charge in [-0.2, -0.15) is 4.42 Å². The summed E-state index contributed by atoms with van der Waals surface area (Å²) in [5, 5.41) is 4.63. The quantitative estimate of drug-likeness (QED) is 0.0785. The predicted octanol–water partition coefficient (Wildman–Crippen LogP) is 10.5. The number of nitrogens with two attached hydrogens (primary N) is 2. The van der Waals surface area contributed by atoms with E-state index in [0.29, 0.717) is 21.1 Å². The molecule has 0 bridgehead atoms. The van der Waals surface area contributed by atoms with Gasteiger partial charge in [-0.05, 0) is 35.7 Å². The summed E-state index contributed by atoms with van der Waals surface area (Å²) < 4.78 is 4.61. The predicted molar refractivity (Wildman–Crippen MR) is 218 cm³/mol. The lowest BCUT2D eigenvalue weighted by Gasteiger charge is -2.02. The second-order valence-electron chi connectivity index (χ2n) is 7.21. The molecule has 1 fully saturated rings. The third kappa shape index (κ3) is 14.8. The minimum absolute atomic E-state index is 0.266. The van der Waals surface area contributed by atoms with E-state index in [0.717, 1.165) is 30.4 Å². The first-order valence-corrected chi connectivity index (χ1v) is 19.7. The molecular formula is C24H20Br2Cl2I5N5O2. The molecule has 4 aromatic rings. The second kappa shape index (κ2) is 21.0. The van der Waals surface area contributed by atoms with E-state index in [9.17, 15) is 9.59 Å². The first kappa shape index (κ1) is 39.2. The van der Waals surface area contributed by atoms with Crippen molar-refractivity contribution in [3.63, 3.8) is 0 Å². The molecule has 2 amide bonds. The molecule has 0 saturated carbocycles. The van der Waals surface area contributed by atoms with Crippen LogP contribution in [0.25, 0.3) is 21.5 Å². The fourth-order valence-corrected chi connectivity index (χ4v) is 3.96. The number of carbonyl (C=O) groups excluding carboxylic acids is 2. The van der Waals surface area contributed by atoms with Crippen molar-refractivity contribution >= 4 is 213 Å². The lowest BCUT2D eigenvalue weighted by atomic mass is 10.2. The molecule has 5 rings (SSSR count). The molecule has 2 aromatic carbocycles. The summed E-state index contributed by atoms with van der Waals surface area (Å²) in [5.74, 6) is 0.334. The van der Waals surface area contributed by atoms with E-state index in [-0.39, 0.29) is 24.7 Å². The molecule has 0 radical (unpaired) electrons. The average molecular weight is 1280 g/mol. The normalized spacial score (nSPS) is 12.0. The zero-order valence-electron chi connectivity index (χ0n) is 20.1. The van der Waals surface area contributed by atoms with Gasteiger partial charge >= 0.3 is 0 Å². The van der Waals surface area contributed by atoms with Crippen molar-refractivity contribution in [2.75, 3.05) is 13.9 Å². The number of imide groups is 1.